The zero-order valence-electron chi connectivity index (χ0n) is 24.7. The summed E-state index contributed by atoms with van der Waals surface area (Å²) in [6.07, 6.45) is 0.369. The molecule has 0 fully saturated rings. The first-order valence-electron chi connectivity index (χ1n) is 13.7. The van der Waals surface area contributed by atoms with E-state index in [0.29, 0.717) is 41.5 Å². The van der Waals surface area contributed by atoms with E-state index in [2.05, 4.69) is 24.8 Å². The monoisotopic (exact) mass is 649 g/mol. The first-order chi connectivity index (χ1) is 22.0. The van der Waals surface area contributed by atoms with Crippen LogP contribution in [0.1, 0.15) is 28.6 Å². The van der Waals surface area contributed by atoms with Crippen molar-refractivity contribution in [2.75, 3.05) is 13.4 Å². The van der Waals surface area contributed by atoms with Gasteiger partial charge in [0.15, 0.2) is 12.4 Å². The average molecular weight is 650 g/mol. The summed E-state index contributed by atoms with van der Waals surface area (Å²) in [4.78, 5) is 44.8. The van der Waals surface area contributed by atoms with Crippen LogP contribution < -0.4 is 66.9 Å². The topological polar surface area (TPSA) is 172 Å². The third kappa shape index (κ3) is 7.46. The van der Waals surface area contributed by atoms with Crippen molar-refractivity contribution in [3.8, 4) is 28.5 Å². The molecule has 0 radical (unpaired) electrons. The number of nitrogens with zero attached hydrogens (tertiary/aromatic N) is 5. The number of carbonyl (C=O) groups is 2. The Labute approximate surface area is 303 Å². The van der Waals surface area contributed by atoms with Gasteiger partial charge in [-0.25, -0.2) is 14.4 Å². The van der Waals surface area contributed by atoms with Crippen molar-refractivity contribution in [2.24, 2.45) is 0 Å². The summed E-state index contributed by atoms with van der Waals surface area (Å²) in [6.45, 7) is 1.65. The van der Waals surface area contributed by atoms with Gasteiger partial charge in [-0.15, -0.1) is 0 Å². The molecule has 0 N–H and O–H groups in total. The van der Waals surface area contributed by atoms with Gasteiger partial charge in [0.1, 0.15) is 0 Å². The molecule has 0 saturated carbocycles. The predicted octanol–water partition coefficient (Wildman–Crippen LogP) is 1.58. The van der Waals surface area contributed by atoms with Crippen LogP contribution in [-0.4, -0.2) is 45.4 Å². The number of esters is 1. The Morgan fingerprint density at radius 2 is 1.72 bits per heavy atom. The first-order valence-corrected chi connectivity index (χ1v) is 13.7. The second kappa shape index (κ2) is 15.2. The minimum absolute atomic E-state index is 0. The molecule has 0 unspecified atom stereocenters. The molecule has 0 spiro atoms. The molecule has 0 amide bonds. The minimum Gasteiger partial charge on any atom is -0.465 e. The summed E-state index contributed by atoms with van der Waals surface area (Å²) in [5.74, 6) is -0.956. The molecule has 0 aliphatic rings. The van der Waals surface area contributed by atoms with Gasteiger partial charge in [0.25, 0.3) is 6.01 Å². The van der Waals surface area contributed by atoms with Gasteiger partial charge in [-0.3, -0.25) is 9.72 Å². The third-order valence-corrected chi connectivity index (χ3v) is 6.60. The molecule has 3 aromatic carbocycles. The summed E-state index contributed by atoms with van der Waals surface area (Å²) in [5.41, 5.74) is 4.44. The number of fused-ring (bicyclic) bond motifs is 1. The zero-order valence-corrected chi connectivity index (χ0v) is 27.9. The summed E-state index contributed by atoms with van der Waals surface area (Å²) in [5, 5.41) is 7.28. The van der Waals surface area contributed by atoms with Crippen LogP contribution in [0, 0.1) is 0 Å². The Balaban J connectivity index is 0.00000417. The molecule has 0 aliphatic heterocycles. The van der Waals surface area contributed by atoms with Crippen LogP contribution in [0.2, 0.25) is 0 Å². The van der Waals surface area contributed by atoms with Crippen molar-refractivity contribution in [1.29, 1.82) is 0 Å². The molecular formula is C31H24KN5O9. The second-order valence-corrected chi connectivity index (χ2v) is 9.42. The van der Waals surface area contributed by atoms with E-state index in [9.17, 15) is 14.4 Å². The number of benzene rings is 3. The van der Waals surface area contributed by atoms with Gasteiger partial charge in [0, 0.05) is 6.07 Å². The smallest absolute Gasteiger partial charge is 0.465 e. The van der Waals surface area contributed by atoms with Crippen molar-refractivity contribution in [3.05, 3.63) is 106 Å². The van der Waals surface area contributed by atoms with Crippen LogP contribution >= 0.6 is 0 Å². The maximum Gasteiger partial charge on any atom is 1.00 e. The molecule has 228 valence electrons. The van der Waals surface area contributed by atoms with Crippen LogP contribution in [0.15, 0.2) is 92.8 Å². The van der Waals surface area contributed by atoms with E-state index in [0.717, 1.165) is 16.7 Å². The van der Waals surface area contributed by atoms with Gasteiger partial charge >= 0.3 is 69.3 Å². The van der Waals surface area contributed by atoms with Crippen LogP contribution in [0.5, 0.6) is 6.01 Å². The number of ether oxygens (including phenoxy) is 4. The Morgan fingerprint density at radius 1 is 0.913 bits per heavy atom. The Bertz CT molecular complexity index is 2000. The Hall–Kier alpha value is -4.54. The predicted molar refractivity (Wildman–Crippen MR) is 155 cm³/mol. The standard InChI is InChI=1S/C31H25N5O9.K/c1-2-40-29-33-25-9-5-8-24(28(37)42-18-43-31(39)41-17-21-14-15-32-44-21)26(25)36(29)16-19-10-12-20(13-11-19)22-6-3-4-7-23(22)27-34-30(38)45-35-27;/h3-15H,2,16-18H2,1H3,(H,34,35,38);/q;+1/p-1. The van der Waals surface area contributed by atoms with Crippen molar-refractivity contribution >= 4 is 23.2 Å². The summed E-state index contributed by atoms with van der Waals surface area (Å²) < 4.78 is 32.0. The molecule has 15 heteroatoms. The van der Waals surface area contributed by atoms with Crippen molar-refractivity contribution in [1.82, 2.24) is 24.8 Å². The van der Waals surface area contributed by atoms with Gasteiger partial charge in [0.05, 0.1) is 35.9 Å². The number of rotatable bonds is 11. The van der Waals surface area contributed by atoms with E-state index in [-0.39, 0.29) is 69.4 Å². The van der Waals surface area contributed by atoms with E-state index in [4.69, 9.17) is 23.5 Å². The molecule has 0 saturated heterocycles. The van der Waals surface area contributed by atoms with Gasteiger partial charge < -0.3 is 33.0 Å². The number of aromatic nitrogens is 5. The average Bonchev–Trinajstić information content (AvgIpc) is 3.81. The number of imidazole rings is 1. The van der Waals surface area contributed by atoms with E-state index < -0.39 is 24.7 Å². The molecule has 6 aromatic rings. The molecular weight excluding hydrogens is 625 g/mol. The number of hydrogen-bond donors (Lipinski definition) is 0. The molecule has 3 aromatic heterocycles. The van der Waals surface area contributed by atoms with Crippen molar-refractivity contribution in [3.63, 3.8) is 0 Å². The molecule has 14 nitrogen and oxygen atoms in total. The van der Waals surface area contributed by atoms with Gasteiger partial charge in [0.2, 0.25) is 6.79 Å². The normalized spacial score (nSPS) is 10.7. The van der Waals surface area contributed by atoms with Gasteiger partial charge in [-0.05, 0) is 47.1 Å². The van der Waals surface area contributed by atoms with Crippen LogP contribution in [0.4, 0.5) is 4.79 Å². The van der Waals surface area contributed by atoms with Crippen molar-refractivity contribution in [2.45, 2.75) is 20.1 Å². The third-order valence-electron chi connectivity index (χ3n) is 6.60. The molecule has 0 bridgehead atoms. The molecule has 46 heavy (non-hydrogen) atoms. The SMILES string of the molecule is CCOc1nc2cccc(C(=O)OCOC(=O)OCc3ccno3)c2n1Cc1ccc(-c2ccccc2-c2noc(=O)[n-]2)cc1.[K+]. The van der Waals surface area contributed by atoms with E-state index >= 15 is 0 Å². The molecule has 0 aliphatic carbocycles. The summed E-state index contributed by atoms with van der Waals surface area (Å²) in [6, 6.07) is 22.0. The van der Waals surface area contributed by atoms with Gasteiger partial charge in [-0.2, -0.15) is 4.98 Å². The minimum atomic E-state index is -1.04. The van der Waals surface area contributed by atoms with Crippen LogP contribution in [0.25, 0.3) is 33.5 Å². The van der Waals surface area contributed by atoms with E-state index in [1.807, 2.05) is 55.5 Å². The second-order valence-electron chi connectivity index (χ2n) is 9.42. The fourth-order valence-electron chi connectivity index (χ4n) is 4.63. The molecule has 6 rings (SSSR count). The van der Waals surface area contributed by atoms with Crippen LogP contribution in [-0.2, 0) is 27.4 Å². The number of para-hydroxylation sites is 1. The maximum absolute atomic E-state index is 13.1. The van der Waals surface area contributed by atoms with Gasteiger partial charge in [-0.1, -0.05) is 59.8 Å². The Kier molecular flexibility index (Phi) is 10.8. The largest absolute Gasteiger partial charge is 1.00 e. The first kappa shape index (κ1) is 32.8. The van der Waals surface area contributed by atoms with E-state index in [1.165, 1.54) is 12.3 Å². The fourth-order valence-corrected chi connectivity index (χ4v) is 4.63. The summed E-state index contributed by atoms with van der Waals surface area (Å²) >= 11 is 0. The summed E-state index contributed by atoms with van der Waals surface area (Å²) in [7, 11) is 0. The number of carbonyl (C=O) groups excluding carboxylic acids is 2. The van der Waals surface area contributed by atoms with Crippen LogP contribution in [0.3, 0.4) is 0 Å². The Morgan fingerprint density at radius 3 is 2.43 bits per heavy atom. The van der Waals surface area contributed by atoms with E-state index in [1.54, 1.807) is 22.8 Å². The molecule has 3 heterocycles. The zero-order chi connectivity index (χ0) is 31.2. The quantitative estimate of drug-likeness (QED) is 0.113. The number of hydrogen-bond acceptors (Lipinski definition) is 12. The van der Waals surface area contributed by atoms with Crippen molar-refractivity contribution < 1.29 is 89.0 Å². The fraction of sp³-hybridized carbons (Fsp3) is 0.161. The molecule has 0 atom stereocenters. The maximum atomic E-state index is 13.1.